The summed E-state index contributed by atoms with van der Waals surface area (Å²) in [6.07, 6.45) is 5.16. The highest BCUT2D eigenvalue weighted by atomic mass is 19.1. The van der Waals surface area contributed by atoms with Crippen LogP contribution in [0.1, 0.15) is 43.7 Å². The van der Waals surface area contributed by atoms with E-state index in [1.54, 1.807) is 7.05 Å². The molecule has 1 aliphatic heterocycles. The first kappa shape index (κ1) is 14.4. The molecule has 0 spiro atoms. The zero-order valence-electron chi connectivity index (χ0n) is 11.3. The molecule has 0 aliphatic carbocycles. The molecule has 1 N–H and O–H groups in total. The van der Waals surface area contributed by atoms with Crippen molar-refractivity contribution in [1.82, 2.24) is 5.32 Å². The van der Waals surface area contributed by atoms with Gasteiger partial charge in [0, 0.05) is 18.2 Å². The van der Waals surface area contributed by atoms with Gasteiger partial charge in [-0.25, -0.2) is 8.78 Å². The van der Waals surface area contributed by atoms with Crippen LogP contribution in [0.25, 0.3) is 0 Å². The Morgan fingerprint density at radius 3 is 2.68 bits per heavy atom. The van der Waals surface area contributed by atoms with Crippen molar-refractivity contribution in [2.45, 2.75) is 44.2 Å². The summed E-state index contributed by atoms with van der Waals surface area (Å²) < 4.78 is 33.0. The highest BCUT2D eigenvalue weighted by molar-refractivity contribution is 5.23. The quantitative estimate of drug-likeness (QED) is 0.852. The lowest BCUT2D eigenvalue weighted by Gasteiger charge is -2.19. The summed E-state index contributed by atoms with van der Waals surface area (Å²) in [5, 5.41) is 3.00. The molecule has 1 fully saturated rings. The van der Waals surface area contributed by atoms with Crippen LogP contribution in [0.4, 0.5) is 8.78 Å². The largest absolute Gasteiger partial charge is 0.378 e. The van der Waals surface area contributed by atoms with Gasteiger partial charge in [-0.3, -0.25) is 0 Å². The maximum Gasteiger partial charge on any atom is 0.130 e. The van der Waals surface area contributed by atoms with Gasteiger partial charge >= 0.3 is 0 Å². The number of rotatable bonds is 6. The van der Waals surface area contributed by atoms with Gasteiger partial charge in [0.2, 0.25) is 0 Å². The third kappa shape index (κ3) is 3.74. The Morgan fingerprint density at radius 2 is 2.11 bits per heavy atom. The minimum absolute atomic E-state index is 0.150. The molecule has 4 heteroatoms. The standard InChI is InChI=1S/C15H21F2NO/c1-18-14(9-2-5-11-6-4-10-19-11)15-12(16)7-3-8-13(15)17/h3,7-8,11,14,18H,2,4-6,9-10H2,1H3. The minimum Gasteiger partial charge on any atom is -0.378 e. The first-order chi connectivity index (χ1) is 9.22. The molecule has 106 valence electrons. The summed E-state index contributed by atoms with van der Waals surface area (Å²) in [4.78, 5) is 0. The zero-order valence-corrected chi connectivity index (χ0v) is 11.3. The molecular formula is C15H21F2NO. The molecule has 0 amide bonds. The molecule has 2 atom stereocenters. The number of benzene rings is 1. The molecule has 19 heavy (non-hydrogen) atoms. The second-order valence-corrected chi connectivity index (χ2v) is 5.04. The molecule has 1 aliphatic rings. The minimum atomic E-state index is -0.475. The summed E-state index contributed by atoms with van der Waals surface area (Å²) in [6.45, 7) is 0.849. The van der Waals surface area contributed by atoms with Gasteiger partial charge in [0.25, 0.3) is 0 Å². The first-order valence-corrected chi connectivity index (χ1v) is 6.95. The fourth-order valence-corrected chi connectivity index (χ4v) is 2.70. The maximum atomic E-state index is 13.7. The summed E-state index contributed by atoms with van der Waals surface area (Å²) >= 11 is 0. The third-order valence-corrected chi connectivity index (χ3v) is 3.74. The van der Waals surface area contributed by atoms with Crippen LogP contribution < -0.4 is 5.32 Å². The van der Waals surface area contributed by atoms with E-state index >= 15 is 0 Å². The normalized spacial score (nSPS) is 20.7. The lowest BCUT2D eigenvalue weighted by molar-refractivity contribution is 0.101. The SMILES string of the molecule is CNC(CCCC1CCCO1)c1c(F)cccc1F. The predicted octanol–water partition coefficient (Wildman–Crippen LogP) is 3.57. The Hall–Kier alpha value is -1.00. The topological polar surface area (TPSA) is 21.3 Å². The number of hydrogen-bond acceptors (Lipinski definition) is 2. The molecular weight excluding hydrogens is 248 g/mol. The highest BCUT2D eigenvalue weighted by Gasteiger charge is 2.20. The van der Waals surface area contributed by atoms with E-state index in [4.69, 9.17) is 4.74 Å². The van der Waals surface area contributed by atoms with Crippen LogP contribution in [0.15, 0.2) is 18.2 Å². The van der Waals surface area contributed by atoms with E-state index in [2.05, 4.69) is 5.32 Å². The molecule has 1 saturated heterocycles. The van der Waals surface area contributed by atoms with Gasteiger partial charge in [0.15, 0.2) is 0 Å². The summed E-state index contributed by atoms with van der Waals surface area (Å²) in [5.41, 5.74) is 0.150. The Labute approximate surface area is 113 Å². The molecule has 1 heterocycles. The fraction of sp³-hybridized carbons (Fsp3) is 0.600. The summed E-state index contributed by atoms with van der Waals surface area (Å²) in [5.74, 6) is -0.951. The van der Waals surface area contributed by atoms with Crippen molar-refractivity contribution in [3.63, 3.8) is 0 Å². The van der Waals surface area contributed by atoms with Gasteiger partial charge in [-0.15, -0.1) is 0 Å². The first-order valence-electron chi connectivity index (χ1n) is 6.95. The van der Waals surface area contributed by atoms with Gasteiger partial charge in [-0.2, -0.15) is 0 Å². The van der Waals surface area contributed by atoms with E-state index in [1.165, 1.54) is 18.2 Å². The Kier molecular flexibility index (Phi) is 5.28. The van der Waals surface area contributed by atoms with Crippen molar-refractivity contribution in [3.05, 3.63) is 35.4 Å². The van der Waals surface area contributed by atoms with Crippen LogP contribution >= 0.6 is 0 Å². The number of nitrogens with one attached hydrogen (secondary N) is 1. The Bertz CT molecular complexity index is 385. The van der Waals surface area contributed by atoms with Gasteiger partial charge in [0.05, 0.1) is 6.10 Å². The lowest BCUT2D eigenvalue weighted by Crippen LogP contribution is -2.19. The van der Waals surface area contributed by atoms with Crippen molar-refractivity contribution in [1.29, 1.82) is 0 Å². The average molecular weight is 269 g/mol. The van der Waals surface area contributed by atoms with E-state index in [-0.39, 0.29) is 11.6 Å². The molecule has 1 aromatic carbocycles. The van der Waals surface area contributed by atoms with Crippen molar-refractivity contribution >= 4 is 0 Å². The molecule has 2 unspecified atom stereocenters. The van der Waals surface area contributed by atoms with Gasteiger partial charge in [-0.05, 0) is 51.3 Å². The van der Waals surface area contributed by atoms with Crippen LogP contribution in [0.3, 0.4) is 0 Å². The lowest BCUT2D eigenvalue weighted by atomic mass is 9.98. The zero-order chi connectivity index (χ0) is 13.7. The summed E-state index contributed by atoms with van der Waals surface area (Å²) in [7, 11) is 1.74. The van der Waals surface area contributed by atoms with Crippen LogP contribution in [0.2, 0.25) is 0 Å². The highest BCUT2D eigenvalue weighted by Crippen LogP contribution is 2.26. The Balaban J connectivity index is 1.92. The molecule has 2 rings (SSSR count). The number of hydrogen-bond donors (Lipinski definition) is 1. The molecule has 0 bridgehead atoms. The molecule has 0 radical (unpaired) electrons. The molecule has 0 saturated carbocycles. The van der Waals surface area contributed by atoms with Crippen molar-refractivity contribution in [3.8, 4) is 0 Å². The molecule has 0 aromatic heterocycles. The van der Waals surface area contributed by atoms with Crippen molar-refractivity contribution in [2.75, 3.05) is 13.7 Å². The fourth-order valence-electron chi connectivity index (χ4n) is 2.70. The van der Waals surface area contributed by atoms with E-state index < -0.39 is 11.6 Å². The van der Waals surface area contributed by atoms with Gasteiger partial charge in [-0.1, -0.05) is 6.07 Å². The second-order valence-electron chi connectivity index (χ2n) is 5.04. The monoisotopic (exact) mass is 269 g/mol. The van der Waals surface area contributed by atoms with Gasteiger partial charge in [0.1, 0.15) is 11.6 Å². The number of halogens is 2. The third-order valence-electron chi connectivity index (χ3n) is 3.74. The van der Waals surface area contributed by atoms with Crippen LogP contribution in [-0.2, 0) is 4.74 Å². The van der Waals surface area contributed by atoms with Crippen molar-refractivity contribution in [2.24, 2.45) is 0 Å². The Morgan fingerprint density at radius 1 is 1.37 bits per heavy atom. The maximum absolute atomic E-state index is 13.7. The van der Waals surface area contributed by atoms with E-state index in [0.29, 0.717) is 12.5 Å². The number of ether oxygens (including phenoxy) is 1. The second kappa shape index (κ2) is 6.96. The van der Waals surface area contributed by atoms with Gasteiger partial charge < -0.3 is 10.1 Å². The summed E-state index contributed by atoms with van der Waals surface area (Å²) in [6, 6.07) is 3.74. The van der Waals surface area contributed by atoms with Crippen molar-refractivity contribution < 1.29 is 13.5 Å². The molecule has 1 aromatic rings. The van der Waals surface area contributed by atoms with Crippen LogP contribution in [0, 0.1) is 11.6 Å². The van der Waals surface area contributed by atoms with E-state index in [9.17, 15) is 8.78 Å². The van der Waals surface area contributed by atoms with E-state index in [1.807, 2.05) is 0 Å². The van der Waals surface area contributed by atoms with Crippen LogP contribution in [0.5, 0.6) is 0 Å². The smallest absolute Gasteiger partial charge is 0.130 e. The van der Waals surface area contributed by atoms with Crippen LogP contribution in [-0.4, -0.2) is 19.8 Å². The van der Waals surface area contributed by atoms with E-state index in [0.717, 1.165) is 32.3 Å². The molecule has 2 nitrogen and oxygen atoms in total. The predicted molar refractivity (Wildman–Crippen MR) is 71.0 cm³/mol. The average Bonchev–Trinajstić information content (AvgIpc) is 2.89.